The number of hydrogen-bond acceptors (Lipinski definition) is 5. The Labute approximate surface area is 141 Å². The number of rotatable bonds is 4. The van der Waals surface area contributed by atoms with E-state index in [4.69, 9.17) is 14.6 Å². The first-order chi connectivity index (χ1) is 12.1. The molecule has 0 fully saturated rings. The zero-order valence-electron chi connectivity index (χ0n) is 13.5. The van der Waals surface area contributed by atoms with Gasteiger partial charge in [-0.25, -0.2) is 9.78 Å². The van der Waals surface area contributed by atoms with Gasteiger partial charge in [0.05, 0.1) is 36.3 Å². The van der Waals surface area contributed by atoms with Crippen LogP contribution in [-0.2, 0) is 0 Å². The average molecular weight is 338 g/mol. The number of ether oxygens (including phenoxy) is 2. The van der Waals surface area contributed by atoms with Crippen LogP contribution in [0.15, 0.2) is 30.3 Å². The lowest BCUT2D eigenvalue weighted by Gasteiger charge is -2.06. The van der Waals surface area contributed by atoms with Gasteiger partial charge in [0, 0.05) is 17.5 Å². The Balaban J connectivity index is 1.86. The maximum Gasteiger partial charge on any atom is 0.335 e. The van der Waals surface area contributed by atoms with Crippen molar-refractivity contribution in [2.24, 2.45) is 0 Å². The van der Waals surface area contributed by atoms with Gasteiger partial charge in [-0.1, -0.05) is 0 Å². The van der Waals surface area contributed by atoms with E-state index in [2.05, 4.69) is 20.2 Å². The van der Waals surface area contributed by atoms with Crippen molar-refractivity contribution < 1.29 is 19.4 Å². The number of nitrogens with zero attached hydrogens (tertiary/aromatic N) is 2. The molecular weight excluding hydrogens is 324 g/mol. The topological polar surface area (TPSA) is 113 Å². The van der Waals surface area contributed by atoms with Gasteiger partial charge in [-0.15, -0.1) is 0 Å². The lowest BCUT2D eigenvalue weighted by Crippen LogP contribution is -1.94. The average Bonchev–Trinajstić information content (AvgIpc) is 3.22. The highest BCUT2D eigenvalue weighted by molar-refractivity contribution is 5.98. The maximum atomic E-state index is 11.1. The zero-order chi connectivity index (χ0) is 17.6. The van der Waals surface area contributed by atoms with Crippen LogP contribution in [0, 0.1) is 0 Å². The van der Waals surface area contributed by atoms with Gasteiger partial charge in [0.1, 0.15) is 5.69 Å². The van der Waals surface area contributed by atoms with E-state index in [1.54, 1.807) is 38.5 Å². The predicted molar refractivity (Wildman–Crippen MR) is 91.2 cm³/mol. The lowest BCUT2D eigenvalue weighted by atomic mass is 10.1. The summed E-state index contributed by atoms with van der Waals surface area (Å²) in [5.74, 6) is 0.773. The molecule has 8 heteroatoms. The highest BCUT2D eigenvalue weighted by Crippen LogP contribution is 2.33. The van der Waals surface area contributed by atoms with Gasteiger partial charge in [-0.2, -0.15) is 5.10 Å². The van der Waals surface area contributed by atoms with Crippen molar-refractivity contribution in [3.8, 4) is 23.0 Å². The molecule has 0 saturated carbocycles. The van der Waals surface area contributed by atoms with Gasteiger partial charge in [0.15, 0.2) is 17.3 Å². The van der Waals surface area contributed by atoms with Crippen LogP contribution in [0.25, 0.3) is 33.5 Å². The molecule has 0 spiro atoms. The van der Waals surface area contributed by atoms with Gasteiger partial charge >= 0.3 is 5.97 Å². The van der Waals surface area contributed by atoms with E-state index in [1.165, 1.54) is 0 Å². The number of benzene rings is 2. The number of aromatic nitrogens is 4. The molecule has 4 aromatic rings. The van der Waals surface area contributed by atoms with E-state index in [9.17, 15) is 4.79 Å². The molecule has 4 rings (SSSR count). The summed E-state index contributed by atoms with van der Waals surface area (Å²) in [6.07, 6.45) is 0. The van der Waals surface area contributed by atoms with Crippen LogP contribution in [0.5, 0.6) is 11.5 Å². The molecular formula is C17H14N4O4. The Morgan fingerprint density at radius 3 is 2.56 bits per heavy atom. The number of nitrogens with one attached hydrogen (secondary N) is 2. The third-order valence-electron chi connectivity index (χ3n) is 4.02. The second-order valence-electron chi connectivity index (χ2n) is 5.45. The summed E-state index contributed by atoms with van der Waals surface area (Å²) in [6, 6.07) is 8.39. The molecule has 0 aliphatic heterocycles. The monoisotopic (exact) mass is 338 g/mol. The van der Waals surface area contributed by atoms with Crippen LogP contribution < -0.4 is 9.47 Å². The molecule has 0 amide bonds. The second kappa shape index (κ2) is 5.52. The van der Waals surface area contributed by atoms with Gasteiger partial charge < -0.3 is 19.6 Å². The van der Waals surface area contributed by atoms with E-state index in [0.29, 0.717) is 34.1 Å². The second-order valence-corrected chi connectivity index (χ2v) is 5.45. The third-order valence-corrected chi connectivity index (χ3v) is 4.02. The van der Waals surface area contributed by atoms with Crippen LogP contribution in [0.4, 0.5) is 0 Å². The first kappa shape index (κ1) is 15.0. The third kappa shape index (κ3) is 2.35. The molecule has 0 bridgehead atoms. The van der Waals surface area contributed by atoms with Crippen LogP contribution in [0.3, 0.4) is 0 Å². The minimum absolute atomic E-state index is 0.196. The summed E-state index contributed by atoms with van der Waals surface area (Å²) < 4.78 is 10.6. The fraction of sp³-hybridized carbons (Fsp3) is 0.118. The quantitative estimate of drug-likeness (QED) is 0.527. The fourth-order valence-electron chi connectivity index (χ4n) is 2.78. The first-order valence-electron chi connectivity index (χ1n) is 7.44. The largest absolute Gasteiger partial charge is 0.493 e. The standard InChI is InChI=1S/C17H14N4O4/c1-24-13-6-11-12(7-14(13)25-2)19-16(18-11)15-9-4-3-8(17(22)23)5-10(9)20-21-15/h3-7H,1-2H3,(H,18,19)(H,20,21)(H,22,23). The molecule has 8 nitrogen and oxygen atoms in total. The number of H-pyrrole nitrogens is 2. The molecule has 0 atom stereocenters. The normalized spacial score (nSPS) is 11.1. The molecule has 2 aromatic heterocycles. The number of carboxylic acid groups (broad SMARTS) is 1. The molecule has 0 aliphatic rings. The lowest BCUT2D eigenvalue weighted by molar-refractivity contribution is 0.0697. The first-order valence-corrected chi connectivity index (χ1v) is 7.44. The maximum absolute atomic E-state index is 11.1. The number of aromatic carboxylic acids is 1. The van der Waals surface area contributed by atoms with Crippen molar-refractivity contribution in [1.29, 1.82) is 0 Å². The Morgan fingerprint density at radius 2 is 1.84 bits per heavy atom. The minimum atomic E-state index is -0.985. The van der Waals surface area contributed by atoms with Crippen LogP contribution in [0.1, 0.15) is 10.4 Å². The van der Waals surface area contributed by atoms with Crippen molar-refractivity contribution in [2.45, 2.75) is 0 Å². The summed E-state index contributed by atoms with van der Waals surface area (Å²) in [5.41, 5.74) is 2.94. The van der Waals surface area contributed by atoms with E-state index in [1.807, 2.05) is 6.07 Å². The predicted octanol–water partition coefficient (Wildman–Crippen LogP) is 2.82. The molecule has 0 aliphatic carbocycles. The number of carboxylic acids is 1. The summed E-state index contributed by atoms with van der Waals surface area (Å²) >= 11 is 0. The summed E-state index contributed by atoms with van der Waals surface area (Å²) in [4.78, 5) is 18.8. The molecule has 0 radical (unpaired) electrons. The summed E-state index contributed by atoms with van der Waals surface area (Å²) in [5, 5.41) is 17.0. The number of methoxy groups -OCH3 is 2. The van der Waals surface area contributed by atoms with Gasteiger partial charge in [-0.3, -0.25) is 5.10 Å². The molecule has 0 saturated heterocycles. The number of imidazole rings is 1. The Morgan fingerprint density at radius 1 is 1.08 bits per heavy atom. The molecule has 0 unspecified atom stereocenters. The Kier molecular flexibility index (Phi) is 3.31. The van der Waals surface area contributed by atoms with Crippen molar-refractivity contribution in [3.63, 3.8) is 0 Å². The van der Waals surface area contributed by atoms with Crippen LogP contribution >= 0.6 is 0 Å². The fourth-order valence-corrected chi connectivity index (χ4v) is 2.78. The molecule has 25 heavy (non-hydrogen) atoms. The van der Waals surface area contributed by atoms with Crippen LogP contribution in [-0.4, -0.2) is 45.5 Å². The zero-order valence-corrected chi connectivity index (χ0v) is 13.5. The van der Waals surface area contributed by atoms with Gasteiger partial charge in [0.25, 0.3) is 0 Å². The number of hydrogen-bond donors (Lipinski definition) is 3. The Bertz CT molecular complexity index is 1070. The number of fused-ring (bicyclic) bond motifs is 2. The smallest absolute Gasteiger partial charge is 0.335 e. The molecule has 126 valence electrons. The molecule has 2 heterocycles. The van der Waals surface area contributed by atoms with E-state index >= 15 is 0 Å². The van der Waals surface area contributed by atoms with Gasteiger partial charge in [-0.05, 0) is 18.2 Å². The number of aromatic amines is 2. The van der Waals surface area contributed by atoms with Gasteiger partial charge in [0.2, 0.25) is 0 Å². The van der Waals surface area contributed by atoms with E-state index in [0.717, 1.165) is 10.9 Å². The summed E-state index contributed by atoms with van der Waals surface area (Å²) in [6.45, 7) is 0. The van der Waals surface area contributed by atoms with Crippen molar-refractivity contribution in [2.75, 3.05) is 14.2 Å². The van der Waals surface area contributed by atoms with Crippen molar-refractivity contribution >= 4 is 27.9 Å². The van der Waals surface area contributed by atoms with Crippen molar-refractivity contribution in [3.05, 3.63) is 35.9 Å². The Hall–Kier alpha value is -3.55. The highest BCUT2D eigenvalue weighted by Gasteiger charge is 2.16. The van der Waals surface area contributed by atoms with Crippen LogP contribution in [0.2, 0.25) is 0 Å². The minimum Gasteiger partial charge on any atom is -0.493 e. The van der Waals surface area contributed by atoms with Crippen molar-refractivity contribution in [1.82, 2.24) is 20.2 Å². The number of carbonyl (C=O) groups is 1. The SMILES string of the molecule is COc1cc2nc(-c3n[nH]c4cc(C(=O)O)ccc34)[nH]c2cc1OC. The molecule has 2 aromatic carbocycles. The highest BCUT2D eigenvalue weighted by atomic mass is 16.5. The molecule has 3 N–H and O–H groups in total. The van der Waals surface area contributed by atoms with E-state index in [-0.39, 0.29) is 5.56 Å². The summed E-state index contributed by atoms with van der Waals surface area (Å²) in [7, 11) is 3.14. The van der Waals surface area contributed by atoms with E-state index < -0.39 is 5.97 Å².